The SMILES string of the molecule is CC1(C)OC[C@@H](Cn2cc(I)cn2)O1. The maximum atomic E-state index is 5.68. The van der Waals surface area contributed by atoms with Crippen LogP contribution in [0, 0.1) is 3.57 Å². The van der Waals surface area contributed by atoms with Crippen LogP contribution in [0.5, 0.6) is 0 Å². The minimum absolute atomic E-state index is 0.112. The number of aromatic nitrogens is 2. The van der Waals surface area contributed by atoms with Crippen LogP contribution in [0.25, 0.3) is 0 Å². The van der Waals surface area contributed by atoms with E-state index in [4.69, 9.17) is 9.47 Å². The molecule has 14 heavy (non-hydrogen) atoms. The van der Waals surface area contributed by atoms with Crippen molar-refractivity contribution in [2.24, 2.45) is 0 Å². The fourth-order valence-electron chi connectivity index (χ4n) is 1.50. The molecule has 1 aromatic rings. The molecule has 0 spiro atoms. The van der Waals surface area contributed by atoms with Gasteiger partial charge in [-0.05, 0) is 36.4 Å². The lowest BCUT2D eigenvalue weighted by atomic mass is 10.4. The number of nitrogens with zero attached hydrogens (tertiary/aromatic N) is 2. The molecule has 0 saturated carbocycles. The standard InChI is InChI=1S/C9H13IN2O2/c1-9(2)13-6-8(14-9)5-12-4-7(10)3-11-12/h3-4,8H,5-6H2,1-2H3/t8-/m1/s1. The molecule has 0 amide bonds. The third-order valence-electron chi connectivity index (χ3n) is 2.06. The summed E-state index contributed by atoms with van der Waals surface area (Å²) in [5, 5.41) is 4.20. The van der Waals surface area contributed by atoms with Gasteiger partial charge < -0.3 is 9.47 Å². The van der Waals surface area contributed by atoms with Crippen molar-refractivity contribution in [1.82, 2.24) is 9.78 Å². The summed E-state index contributed by atoms with van der Waals surface area (Å²) in [6.45, 7) is 5.26. The maximum Gasteiger partial charge on any atom is 0.163 e. The van der Waals surface area contributed by atoms with Crippen molar-refractivity contribution in [3.8, 4) is 0 Å². The summed E-state index contributed by atoms with van der Waals surface area (Å²) in [6, 6.07) is 0. The first-order chi connectivity index (χ1) is 6.55. The van der Waals surface area contributed by atoms with E-state index in [0.29, 0.717) is 6.61 Å². The first kappa shape index (κ1) is 10.4. The zero-order chi connectivity index (χ0) is 10.2. The van der Waals surface area contributed by atoms with Gasteiger partial charge in [0.25, 0.3) is 0 Å². The average Bonchev–Trinajstić information content (AvgIpc) is 2.59. The van der Waals surface area contributed by atoms with Gasteiger partial charge in [-0.15, -0.1) is 0 Å². The van der Waals surface area contributed by atoms with Crippen LogP contribution in [0.15, 0.2) is 12.4 Å². The molecule has 0 unspecified atom stereocenters. The molecule has 5 heteroatoms. The lowest BCUT2D eigenvalue weighted by Gasteiger charge is -2.16. The lowest BCUT2D eigenvalue weighted by molar-refractivity contribution is -0.139. The Labute approximate surface area is 96.7 Å². The Bertz CT molecular complexity index is 324. The molecule has 1 aliphatic heterocycles. The summed E-state index contributed by atoms with van der Waals surface area (Å²) in [5.74, 6) is -0.440. The van der Waals surface area contributed by atoms with E-state index in [1.165, 1.54) is 0 Å². The van der Waals surface area contributed by atoms with Crippen LogP contribution in [0.3, 0.4) is 0 Å². The Morgan fingerprint density at radius 3 is 3.00 bits per heavy atom. The van der Waals surface area contributed by atoms with E-state index in [-0.39, 0.29) is 6.10 Å². The van der Waals surface area contributed by atoms with E-state index in [0.717, 1.165) is 10.1 Å². The van der Waals surface area contributed by atoms with Crippen molar-refractivity contribution in [1.29, 1.82) is 0 Å². The summed E-state index contributed by atoms with van der Waals surface area (Å²) in [6.07, 6.45) is 3.94. The summed E-state index contributed by atoms with van der Waals surface area (Å²) in [7, 11) is 0. The van der Waals surface area contributed by atoms with Gasteiger partial charge in [0.1, 0.15) is 6.10 Å². The van der Waals surface area contributed by atoms with Gasteiger partial charge in [-0.1, -0.05) is 0 Å². The second-order valence-electron chi connectivity index (χ2n) is 3.83. The van der Waals surface area contributed by atoms with Gasteiger partial charge >= 0.3 is 0 Å². The Balaban J connectivity index is 1.94. The summed E-state index contributed by atoms with van der Waals surface area (Å²) >= 11 is 2.24. The van der Waals surface area contributed by atoms with Gasteiger partial charge in [-0.2, -0.15) is 5.10 Å². The number of hydrogen-bond donors (Lipinski definition) is 0. The monoisotopic (exact) mass is 308 g/mol. The molecule has 0 aromatic carbocycles. The predicted octanol–water partition coefficient (Wildman–Crippen LogP) is 1.64. The van der Waals surface area contributed by atoms with Crippen LogP contribution in [-0.2, 0) is 16.0 Å². The summed E-state index contributed by atoms with van der Waals surface area (Å²) in [5.41, 5.74) is 0. The molecule has 0 N–H and O–H groups in total. The van der Waals surface area contributed by atoms with Crippen LogP contribution in [-0.4, -0.2) is 28.3 Å². The van der Waals surface area contributed by atoms with Crippen LogP contribution >= 0.6 is 22.6 Å². The summed E-state index contributed by atoms with van der Waals surface area (Å²) < 4.78 is 14.2. The molecule has 4 nitrogen and oxygen atoms in total. The van der Waals surface area contributed by atoms with Gasteiger partial charge in [0, 0.05) is 6.20 Å². The van der Waals surface area contributed by atoms with Crippen LogP contribution in [0.2, 0.25) is 0 Å². The molecule has 2 heterocycles. The second kappa shape index (κ2) is 3.79. The highest BCUT2D eigenvalue weighted by atomic mass is 127. The van der Waals surface area contributed by atoms with E-state index < -0.39 is 5.79 Å². The smallest absolute Gasteiger partial charge is 0.163 e. The third-order valence-corrected chi connectivity index (χ3v) is 2.62. The highest BCUT2D eigenvalue weighted by Gasteiger charge is 2.32. The Kier molecular flexibility index (Phi) is 2.81. The van der Waals surface area contributed by atoms with E-state index >= 15 is 0 Å². The first-order valence-electron chi connectivity index (χ1n) is 4.55. The van der Waals surface area contributed by atoms with Gasteiger partial charge in [-0.3, -0.25) is 4.68 Å². The molecule has 0 radical (unpaired) electrons. The van der Waals surface area contributed by atoms with Gasteiger partial charge in [0.15, 0.2) is 5.79 Å². The first-order valence-corrected chi connectivity index (χ1v) is 5.63. The topological polar surface area (TPSA) is 36.3 Å². The zero-order valence-corrected chi connectivity index (χ0v) is 10.4. The molecule has 1 saturated heterocycles. The van der Waals surface area contributed by atoms with Gasteiger partial charge in [0.2, 0.25) is 0 Å². The Morgan fingerprint density at radius 2 is 2.50 bits per heavy atom. The van der Waals surface area contributed by atoms with Crippen LogP contribution in [0.1, 0.15) is 13.8 Å². The average molecular weight is 308 g/mol. The normalized spacial score (nSPS) is 25.5. The van der Waals surface area contributed by atoms with E-state index in [1.54, 1.807) is 0 Å². The summed E-state index contributed by atoms with van der Waals surface area (Å²) in [4.78, 5) is 0. The molecular formula is C9H13IN2O2. The van der Waals surface area contributed by atoms with Crippen molar-refractivity contribution in [3.63, 3.8) is 0 Å². The van der Waals surface area contributed by atoms with E-state index in [9.17, 15) is 0 Å². The molecule has 1 atom stereocenters. The molecule has 1 aromatic heterocycles. The third kappa shape index (κ3) is 2.46. The fourth-order valence-corrected chi connectivity index (χ4v) is 1.95. The largest absolute Gasteiger partial charge is 0.348 e. The van der Waals surface area contributed by atoms with E-state index in [2.05, 4.69) is 27.7 Å². The van der Waals surface area contributed by atoms with Crippen molar-refractivity contribution >= 4 is 22.6 Å². The van der Waals surface area contributed by atoms with Crippen molar-refractivity contribution < 1.29 is 9.47 Å². The lowest BCUT2D eigenvalue weighted by Crippen LogP contribution is -2.24. The predicted molar refractivity (Wildman–Crippen MR) is 59.8 cm³/mol. The molecule has 1 fully saturated rings. The highest BCUT2D eigenvalue weighted by molar-refractivity contribution is 14.1. The van der Waals surface area contributed by atoms with Gasteiger partial charge in [-0.25, -0.2) is 0 Å². The van der Waals surface area contributed by atoms with Crippen LogP contribution in [0.4, 0.5) is 0 Å². The highest BCUT2D eigenvalue weighted by Crippen LogP contribution is 2.23. The minimum atomic E-state index is -0.440. The quantitative estimate of drug-likeness (QED) is 0.779. The van der Waals surface area contributed by atoms with Crippen molar-refractivity contribution in [3.05, 3.63) is 16.0 Å². The Hall–Kier alpha value is -0.140. The molecule has 78 valence electrons. The maximum absolute atomic E-state index is 5.68. The molecule has 0 bridgehead atoms. The number of halogens is 1. The van der Waals surface area contributed by atoms with Crippen LogP contribution < -0.4 is 0 Å². The van der Waals surface area contributed by atoms with E-state index in [1.807, 2.05) is 30.9 Å². The van der Waals surface area contributed by atoms with Gasteiger partial charge in [0.05, 0.1) is 22.9 Å². The zero-order valence-electron chi connectivity index (χ0n) is 8.24. The molecule has 2 rings (SSSR count). The fraction of sp³-hybridized carbons (Fsp3) is 0.667. The minimum Gasteiger partial charge on any atom is -0.348 e. The molecule has 0 aliphatic carbocycles. The molecular weight excluding hydrogens is 295 g/mol. The van der Waals surface area contributed by atoms with Crippen molar-refractivity contribution in [2.45, 2.75) is 32.3 Å². The molecule has 1 aliphatic rings. The number of hydrogen-bond acceptors (Lipinski definition) is 3. The van der Waals surface area contributed by atoms with Crippen molar-refractivity contribution in [2.75, 3.05) is 6.61 Å². The second-order valence-corrected chi connectivity index (χ2v) is 5.08. The Morgan fingerprint density at radius 1 is 1.71 bits per heavy atom. The number of ether oxygens (including phenoxy) is 2. The number of rotatable bonds is 2.